The molecule has 2 N–H and O–H groups in total. The zero-order valence-electron chi connectivity index (χ0n) is 9.60. The Morgan fingerprint density at radius 3 is 2.39 bits per heavy atom. The summed E-state index contributed by atoms with van der Waals surface area (Å²) in [6.07, 6.45) is 2.92. The van der Waals surface area contributed by atoms with Gasteiger partial charge in [-0.05, 0) is 29.8 Å². The first-order valence-electron chi connectivity index (χ1n) is 4.92. The van der Waals surface area contributed by atoms with E-state index in [4.69, 9.17) is 0 Å². The Kier molecular flexibility index (Phi) is 3.35. The highest BCUT2D eigenvalue weighted by molar-refractivity contribution is 9.10. The number of hydrogen-bond acceptors (Lipinski definition) is 5. The molecule has 0 aromatic carbocycles. The Labute approximate surface area is 112 Å². The molecular formula is C9H10BrN5O2S. The minimum atomic E-state index is -3.73. The van der Waals surface area contributed by atoms with Crippen LogP contribution in [0.4, 0.5) is 5.95 Å². The fraction of sp³-hybridized carbons (Fsp3) is 0.222. The second-order valence-corrected chi connectivity index (χ2v) is 6.13. The maximum Gasteiger partial charge on any atom is 0.267 e. The number of hydrogen-bond donors (Lipinski definition) is 2. The van der Waals surface area contributed by atoms with Gasteiger partial charge in [0.25, 0.3) is 10.0 Å². The molecule has 0 amide bonds. The van der Waals surface area contributed by atoms with Gasteiger partial charge in [-0.25, -0.2) is 23.1 Å². The van der Waals surface area contributed by atoms with E-state index in [9.17, 15) is 8.42 Å². The molecule has 0 saturated carbocycles. The maximum atomic E-state index is 12.1. The number of aromatic amines is 1. The molecule has 2 aromatic heterocycles. The molecular weight excluding hydrogens is 322 g/mol. The molecule has 0 radical (unpaired) electrons. The Morgan fingerprint density at radius 1 is 1.28 bits per heavy atom. The molecule has 2 rings (SSSR count). The maximum absolute atomic E-state index is 12.1. The van der Waals surface area contributed by atoms with Gasteiger partial charge in [0.2, 0.25) is 5.95 Å². The predicted octanol–water partition coefficient (Wildman–Crippen LogP) is 1.38. The van der Waals surface area contributed by atoms with E-state index in [0.29, 0.717) is 15.9 Å². The van der Waals surface area contributed by atoms with Gasteiger partial charge in [-0.1, -0.05) is 0 Å². The molecule has 0 aliphatic rings. The average molecular weight is 332 g/mol. The Bertz CT molecular complexity index is 645. The first-order chi connectivity index (χ1) is 8.40. The fourth-order valence-electron chi connectivity index (χ4n) is 1.47. The minimum absolute atomic E-state index is 0.0122. The molecule has 7 nitrogen and oxygen atoms in total. The van der Waals surface area contributed by atoms with E-state index < -0.39 is 10.0 Å². The monoisotopic (exact) mass is 331 g/mol. The Hall–Kier alpha value is -1.48. The SMILES string of the molecule is Cc1n[nH]c(C)c1S(=O)(=O)Nc1ncc(Br)cn1. The number of nitrogens with zero attached hydrogens (tertiary/aromatic N) is 3. The van der Waals surface area contributed by atoms with Crippen molar-refractivity contribution in [2.24, 2.45) is 0 Å². The van der Waals surface area contributed by atoms with Crippen LogP contribution in [0.25, 0.3) is 0 Å². The molecule has 96 valence electrons. The second kappa shape index (κ2) is 4.65. The van der Waals surface area contributed by atoms with Crippen LogP contribution in [-0.2, 0) is 10.0 Å². The van der Waals surface area contributed by atoms with Crippen molar-refractivity contribution in [3.05, 3.63) is 28.3 Å². The molecule has 0 spiro atoms. The van der Waals surface area contributed by atoms with Crippen LogP contribution >= 0.6 is 15.9 Å². The van der Waals surface area contributed by atoms with Crippen LogP contribution < -0.4 is 4.72 Å². The number of rotatable bonds is 3. The summed E-state index contributed by atoms with van der Waals surface area (Å²) in [6, 6.07) is 0. The minimum Gasteiger partial charge on any atom is -0.281 e. The molecule has 0 aliphatic carbocycles. The van der Waals surface area contributed by atoms with Gasteiger partial charge in [0.05, 0.1) is 15.9 Å². The van der Waals surface area contributed by atoms with Crippen molar-refractivity contribution in [3.8, 4) is 0 Å². The average Bonchev–Trinajstić information content (AvgIpc) is 2.62. The summed E-state index contributed by atoms with van der Waals surface area (Å²) in [5, 5.41) is 6.47. The van der Waals surface area contributed by atoms with Gasteiger partial charge in [0, 0.05) is 12.4 Å². The first-order valence-corrected chi connectivity index (χ1v) is 7.19. The first kappa shape index (κ1) is 13.0. The van der Waals surface area contributed by atoms with E-state index in [1.165, 1.54) is 12.4 Å². The van der Waals surface area contributed by atoms with E-state index in [0.717, 1.165) is 0 Å². The number of sulfonamides is 1. The topological polar surface area (TPSA) is 101 Å². The molecule has 0 aliphatic heterocycles. The van der Waals surface area contributed by atoms with Gasteiger partial charge in [-0.15, -0.1) is 0 Å². The van der Waals surface area contributed by atoms with Crippen LogP contribution in [0.3, 0.4) is 0 Å². The highest BCUT2D eigenvalue weighted by atomic mass is 79.9. The molecule has 18 heavy (non-hydrogen) atoms. The third-order valence-corrected chi connectivity index (χ3v) is 4.18. The largest absolute Gasteiger partial charge is 0.281 e. The highest BCUT2D eigenvalue weighted by Gasteiger charge is 2.23. The summed E-state index contributed by atoms with van der Waals surface area (Å²) < 4.78 is 27.2. The van der Waals surface area contributed by atoms with Crippen LogP contribution in [0.2, 0.25) is 0 Å². The molecule has 0 fully saturated rings. The molecule has 0 atom stereocenters. The van der Waals surface area contributed by atoms with E-state index >= 15 is 0 Å². The Morgan fingerprint density at radius 2 is 1.89 bits per heavy atom. The molecule has 2 heterocycles. The summed E-state index contributed by atoms with van der Waals surface area (Å²) in [7, 11) is -3.73. The van der Waals surface area contributed by atoms with E-state index in [2.05, 4.69) is 40.8 Å². The number of H-pyrrole nitrogens is 1. The lowest BCUT2D eigenvalue weighted by Gasteiger charge is -2.06. The van der Waals surface area contributed by atoms with E-state index in [1.807, 2.05) is 0 Å². The van der Waals surface area contributed by atoms with Crippen LogP contribution in [0, 0.1) is 13.8 Å². The lowest BCUT2D eigenvalue weighted by Crippen LogP contribution is -2.16. The number of nitrogens with one attached hydrogen (secondary N) is 2. The normalized spacial score (nSPS) is 11.5. The van der Waals surface area contributed by atoms with Crippen molar-refractivity contribution < 1.29 is 8.42 Å². The lowest BCUT2D eigenvalue weighted by atomic mass is 10.4. The molecule has 0 saturated heterocycles. The quantitative estimate of drug-likeness (QED) is 0.884. The van der Waals surface area contributed by atoms with Crippen LogP contribution in [0.1, 0.15) is 11.4 Å². The van der Waals surface area contributed by atoms with Gasteiger partial charge >= 0.3 is 0 Å². The van der Waals surface area contributed by atoms with Crippen molar-refractivity contribution in [2.45, 2.75) is 18.7 Å². The zero-order valence-corrected chi connectivity index (χ0v) is 12.0. The highest BCUT2D eigenvalue weighted by Crippen LogP contribution is 2.19. The third kappa shape index (κ3) is 2.51. The van der Waals surface area contributed by atoms with Crippen molar-refractivity contribution in [2.75, 3.05) is 4.72 Å². The van der Waals surface area contributed by atoms with Crippen LogP contribution in [0.15, 0.2) is 21.8 Å². The van der Waals surface area contributed by atoms with Crippen molar-refractivity contribution in [1.82, 2.24) is 20.2 Å². The summed E-state index contributed by atoms with van der Waals surface area (Å²) in [5.74, 6) is 0.0122. The zero-order chi connectivity index (χ0) is 13.3. The number of anilines is 1. The molecule has 9 heteroatoms. The van der Waals surface area contributed by atoms with Crippen LogP contribution in [0.5, 0.6) is 0 Å². The summed E-state index contributed by atoms with van der Waals surface area (Å²) in [5.41, 5.74) is 0.870. The molecule has 0 unspecified atom stereocenters. The number of halogens is 1. The fourth-order valence-corrected chi connectivity index (χ4v) is 3.01. The number of aryl methyl sites for hydroxylation is 2. The summed E-state index contributed by atoms with van der Waals surface area (Å²) in [4.78, 5) is 7.83. The summed E-state index contributed by atoms with van der Waals surface area (Å²) in [6.45, 7) is 3.25. The predicted molar refractivity (Wildman–Crippen MR) is 68.6 cm³/mol. The summed E-state index contributed by atoms with van der Waals surface area (Å²) >= 11 is 3.17. The number of aromatic nitrogens is 4. The van der Waals surface area contributed by atoms with Gasteiger partial charge in [0.15, 0.2) is 0 Å². The van der Waals surface area contributed by atoms with Gasteiger partial charge in [0.1, 0.15) is 4.90 Å². The smallest absolute Gasteiger partial charge is 0.267 e. The second-order valence-electron chi connectivity index (χ2n) is 3.59. The molecule has 0 bridgehead atoms. The van der Waals surface area contributed by atoms with Crippen molar-refractivity contribution in [1.29, 1.82) is 0 Å². The molecule has 2 aromatic rings. The van der Waals surface area contributed by atoms with E-state index in [-0.39, 0.29) is 10.8 Å². The Balaban J connectivity index is 2.36. The van der Waals surface area contributed by atoms with Gasteiger partial charge < -0.3 is 0 Å². The lowest BCUT2D eigenvalue weighted by molar-refractivity contribution is 0.599. The van der Waals surface area contributed by atoms with Crippen molar-refractivity contribution in [3.63, 3.8) is 0 Å². The third-order valence-electron chi connectivity index (χ3n) is 2.18. The van der Waals surface area contributed by atoms with Crippen LogP contribution in [-0.4, -0.2) is 28.6 Å². The van der Waals surface area contributed by atoms with Gasteiger partial charge in [-0.3, -0.25) is 5.10 Å². The standard InChI is InChI=1S/C9H10BrN5O2S/c1-5-8(6(2)14-13-5)18(16,17)15-9-11-3-7(10)4-12-9/h3-4H,1-2H3,(H,13,14)(H,11,12,15). The van der Waals surface area contributed by atoms with Gasteiger partial charge in [-0.2, -0.15) is 5.10 Å². The van der Waals surface area contributed by atoms with Crippen molar-refractivity contribution >= 4 is 31.9 Å². The van der Waals surface area contributed by atoms with E-state index in [1.54, 1.807) is 13.8 Å².